The van der Waals surface area contributed by atoms with E-state index in [0.717, 1.165) is 25.7 Å². The summed E-state index contributed by atoms with van der Waals surface area (Å²) in [4.78, 5) is 0. The van der Waals surface area contributed by atoms with Gasteiger partial charge in [0, 0.05) is 6.42 Å². The average molecular weight is 469 g/mol. The topological polar surface area (TPSA) is 29.5 Å². The lowest BCUT2D eigenvalue weighted by Crippen LogP contribution is -2.33. The van der Waals surface area contributed by atoms with E-state index >= 15 is 0 Å². The zero-order chi connectivity index (χ0) is 24.5. The Morgan fingerprint density at radius 2 is 0.788 bits per heavy atom. The van der Waals surface area contributed by atoms with Gasteiger partial charge in [-0.05, 0) is 26.2 Å². The van der Waals surface area contributed by atoms with Crippen LogP contribution in [0.5, 0.6) is 0 Å². The lowest BCUT2D eigenvalue weighted by molar-refractivity contribution is -0.225. The molecule has 0 aliphatic carbocycles. The van der Waals surface area contributed by atoms with Gasteiger partial charge < -0.3 is 9.84 Å². The molecule has 0 saturated carbocycles. The van der Waals surface area contributed by atoms with Gasteiger partial charge in [-0.3, -0.25) is 0 Å². The van der Waals surface area contributed by atoms with Crippen LogP contribution in [0.4, 0.5) is 0 Å². The van der Waals surface area contributed by atoms with E-state index in [1.807, 2.05) is 6.92 Å². The molecular weight excluding hydrogens is 404 g/mol. The minimum absolute atomic E-state index is 0.237. The van der Waals surface area contributed by atoms with E-state index in [0.29, 0.717) is 0 Å². The zero-order valence-electron chi connectivity index (χ0n) is 23.6. The quantitative estimate of drug-likeness (QED) is 0.0959. The lowest BCUT2D eigenvalue weighted by atomic mass is 10.0. The number of ether oxygens (including phenoxy) is 1. The molecule has 0 bridgehead atoms. The van der Waals surface area contributed by atoms with Crippen LogP contribution in [0.25, 0.3) is 0 Å². The van der Waals surface area contributed by atoms with E-state index in [1.54, 1.807) is 0 Å². The van der Waals surface area contributed by atoms with Crippen molar-refractivity contribution in [1.29, 1.82) is 0 Å². The summed E-state index contributed by atoms with van der Waals surface area (Å²) in [5.41, 5.74) is 0. The third-order valence-corrected chi connectivity index (χ3v) is 7.17. The highest BCUT2D eigenvalue weighted by atomic mass is 16.6. The summed E-state index contributed by atoms with van der Waals surface area (Å²) in [5, 5.41) is 10.9. The highest BCUT2D eigenvalue weighted by Crippen LogP contribution is 2.25. The number of hydrogen-bond acceptors (Lipinski definition) is 2. The Balaban J connectivity index is 4.10. The smallest absolute Gasteiger partial charge is 0.162 e. The molecule has 0 saturated heterocycles. The number of hydrogen-bond donors (Lipinski definition) is 1. The normalized spacial score (nSPS) is 13.6. The molecule has 0 radical (unpaired) electrons. The molecule has 0 aromatic rings. The van der Waals surface area contributed by atoms with Gasteiger partial charge in [-0.15, -0.1) is 0 Å². The van der Waals surface area contributed by atoms with Gasteiger partial charge in [0.25, 0.3) is 0 Å². The van der Waals surface area contributed by atoms with Gasteiger partial charge >= 0.3 is 0 Å². The van der Waals surface area contributed by atoms with Crippen LogP contribution in [-0.2, 0) is 4.74 Å². The Kier molecular flexibility index (Phi) is 25.0. The van der Waals surface area contributed by atoms with E-state index in [2.05, 4.69) is 20.8 Å². The fourth-order valence-corrected chi connectivity index (χ4v) is 4.93. The van der Waals surface area contributed by atoms with E-state index < -0.39 is 5.79 Å². The average Bonchev–Trinajstić information content (AvgIpc) is 2.79. The highest BCUT2D eigenvalue weighted by molar-refractivity contribution is 4.68. The minimum Gasteiger partial charge on any atom is -0.366 e. The van der Waals surface area contributed by atoms with Gasteiger partial charge in [0.15, 0.2) is 5.79 Å². The molecule has 1 unspecified atom stereocenters. The number of rotatable bonds is 27. The van der Waals surface area contributed by atoms with Crippen LogP contribution in [0, 0.1) is 0 Å². The highest BCUT2D eigenvalue weighted by Gasteiger charge is 2.25. The van der Waals surface area contributed by atoms with Crippen LogP contribution in [-0.4, -0.2) is 17.0 Å². The molecule has 0 aliphatic heterocycles. The van der Waals surface area contributed by atoms with Crippen molar-refractivity contribution in [3.63, 3.8) is 0 Å². The largest absolute Gasteiger partial charge is 0.366 e. The summed E-state index contributed by atoms with van der Waals surface area (Å²) in [6.07, 6.45) is 32.5. The lowest BCUT2D eigenvalue weighted by Gasteiger charge is -2.30. The molecule has 0 heterocycles. The van der Waals surface area contributed by atoms with E-state index in [1.165, 1.54) is 135 Å². The van der Waals surface area contributed by atoms with Crippen molar-refractivity contribution < 1.29 is 9.84 Å². The molecule has 1 N–H and O–H groups in total. The molecule has 2 nitrogen and oxygen atoms in total. The van der Waals surface area contributed by atoms with Crippen molar-refractivity contribution in [2.45, 2.75) is 200 Å². The molecule has 2 heteroatoms. The Labute approximate surface area is 210 Å². The molecule has 0 rings (SSSR count). The molecule has 1 atom stereocenters. The molecule has 0 amide bonds. The summed E-state index contributed by atoms with van der Waals surface area (Å²) < 4.78 is 6.33. The first-order chi connectivity index (χ1) is 16.1. The Morgan fingerprint density at radius 1 is 0.485 bits per heavy atom. The van der Waals surface area contributed by atoms with E-state index in [9.17, 15) is 5.11 Å². The van der Waals surface area contributed by atoms with Gasteiger partial charge in [0.1, 0.15) is 0 Å². The summed E-state index contributed by atoms with van der Waals surface area (Å²) >= 11 is 0. The van der Waals surface area contributed by atoms with Crippen molar-refractivity contribution in [1.82, 2.24) is 0 Å². The van der Waals surface area contributed by atoms with Crippen LogP contribution in [0.15, 0.2) is 0 Å². The summed E-state index contributed by atoms with van der Waals surface area (Å²) in [6.45, 7) is 8.75. The first kappa shape index (κ1) is 32.9. The van der Waals surface area contributed by atoms with Crippen LogP contribution >= 0.6 is 0 Å². The zero-order valence-corrected chi connectivity index (χ0v) is 23.6. The molecule has 0 spiro atoms. The minimum atomic E-state index is -0.949. The second-order valence-corrected chi connectivity index (χ2v) is 11.0. The molecular formula is C31H64O2. The fraction of sp³-hybridized carbons (Fsp3) is 1.00. The molecule has 0 fully saturated rings. The predicted octanol–water partition coefficient (Wildman–Crippen LogP) is 10.9. The molecule has 0 aliphatic rings. The van der Waals surface area contributed by atoms with Crippen LogP contribution in [0.2, 0.25) is 0 Å². The Bertz CT molecular complexity index is 350. The Morgan fingerprint density at radius 3 is 1.15 bits per heavy atom. The second-order valence-electron chi connectivity index (χ2n) is 11.0. The van der Waals surface area contributed by atoms with Gasteiger partial charge in [-0.25, -0.2) is 0 Å². The third-order valence-electron chi connectivity index (χ3n) is 7.17. The molecule has 0 aromatic heterocycles. The van der Waals surface area contributed by atoms with E-state index in [4.69, 9.17) is 4.74 Å². The van der Waals surface area contributed by atoms with Gasteiger partial charge in [-0.2, -0.15) is 0 Å². The molecule has 33 heavy (non-hydrogen) atoms. The number of aliphatic hydroxyl groups is 1. The molecule has 200 valence electrons. The molecule has 0 aromatic carbocycles. The van der Waals surface area contributed by atoms with E-state index in [-0.39, 0.29) is 6.10 Å². The van der Waals surface area contributed by atoms with Crippen LogP contribution in [0.1, 0.15) is 188 Å². The van der Waals surface area contributed by atoms with Gasteiger partial charge in [-0.1, -0.05) is 156 Å². The van der Waals surface area contributed by atoms with Crippen molar-refractivity contribution in [2.24, 2.45) is 0 Å². The maximum absolute atomic E-state index is 10.9. The van der Waals surface area contributed by atoms with Gasteiger partial charge in [0.2, 0.25) is 0 Å². The van der Waals surface area contributed by atoms with Gasteiger partial charge in [0.05, 0.1) is 6.10 Å². The SMILES string of the molecule is CCCCCCCCCCCCC(C)(O)OC(CCCCCCCC)CCCCCCCC. The maximum atomic E-state index is 10.9. The maximum Gasteiger partial charge on any atom is 0.162 e. The van der Waals surface area contributed by atoms with Crippen molar-refractivity contribution >= 4 is 0 Å². The first-order valence-electron chi connectivity index (χ1n) is 15.5. The van der Waals surface area contributed by atoms with Crippen molar-refractivity contribution in [2.75, 3.05) is 0 Å². The monoisotopic (exact) mass is 468 g/mol. The van der Waals surface area contributed by atoms with Crippen LogP contribution < -0.4 is 0 Å². The second kappa shape index (κ2) is 25.0. The predicted molar refractivity (Wildman–Crippen MR) is 148 cm³/mol. The standard InChI is InChI=1S/C31H64O2/c1-5-8-11-14-17-18-19-20-23-26-29-31(4,32)33-30(27-24-21-15-12-9-6-2)28-25-22-16-13-10-7-3/h30,32H,5-29H2,1-4H3. The summed E-state index contributed by atoms with van der Waals surface area (Å²) in [6, 6.07) is 0. The number of unbranched alkanes of at least 4 members (excludes halogenated alkanes) is 19. The Hall–Kier alpha value is -0.0800. The first-order valence-corrected chi connectivity index (χ1v) is 15.5. The van der Waals surface area contributed by atoms with Crippen molar-refractivity contribution in [3.8, 4) is 0 Å². The fourth-order valence-electron chi connectivity index (χ4n) is 4.93. The van der Waals surface area contributed by atoms with Crippen molar-refractivity contribution in [3.05, 3.63) is 0 Å². The summed E-state index contributed by atoms with van der Waals surface area (Å²) in [7, 11) is 0. The summed E-state index contributed by atoms with van der Waals surface area (Å²) in [5.74, 6) is -0.949. The van der Waals surface area contributed by atoms with Crippen LogP contribution in [0.3, 0.4) is 0 Å². The third kappa shape index (κ3) is 24.8.